The summed E-state index contributed by atoms with van der Waals surface area (Å²) in [7, 11) is -3.89. The molecule has 0 saturated carbocycles. The van der Waals surface area contributed by atoms with Crippen LogP contribution in [0.15, 0.2) is 47.5 Å². The van der Waals surface area contributed by atoms with Crippen molar-refractivity contribution in [3.8, 4) is 0 Å². The Morgan fingerprint density at radius 2 is 1.85 bits per heavy atom. The van der Waals surface area contributed by atoms with Gasteiger partial charge in [-0.15, -0.1) is 0 Å². The van der Waals surface area contributed by atoms with Crippen LogP contribution in [-0.4, -0.2) is 18.3 Å². The standard InChI is InChI=1S/C11H8ClN3O4S/c12-11-10(2-1-7-13-11)20(18,19)14-8-3-5-9(6-4-8)15(16)17/h1-7,14H. The van der Waals surface area contributed by atoms with Crippen molar-refractivity contribution >= 4 is 33.0 Å². The highest BCUT2D eigenvalue weighted by atomic mass is 35.5. The molecule has 104 valence electrons. The first kappa shape index (κ1) is 14.2. The number of nitrogens with one attached hydrogen (secondary N) is 1. The topological polar surface area (TPSA) is 102 Å². The normalized spacial score (nSPS) is 11.1. The van der Waals surface area contributed by atoms with E-state index in [1.807, 2.05) is 0 Å². The molecule has 0 saturated heterocycles. The quantitative estimate of drug-likeness (QED) is 0.530. The average Bonchev–Trinajstić information content (AvgIpc) is 2.39. The van der Waals surface area contributed by atoms with Gasteiger partial charge in [0.05, 0.1) is 4.92 Å². The van der Waals surface area contributed by atoms with E-state index in [-0.39, 0.29) is 21.4 Å². The first-order valence-electron chi connectivity index (χ1n) is 5.28. The highest BCUT2D eigenvalue weighted by molar-refractivity contribution is 7.92. The third kappa shape index (κ3) is 3.03. The van der Waals surface area contributed by atoms with Crippen LogP contribution >= 0.6 is 11.6 Å². The van der Waals surface area contributed by atoms with Crippen molar-refractivity contribution in [2.75, 3.05) is 4.72 Å². The van der Waals surface area contributed by atoms with E-state index in [0.717, 1.165) is 0 Å². The smallest absolute Gasteiger partial charge is 0.269 e. The van der Waals surface area contributed by atoms with Gasteiger partial charge in [0.25, 0.3) is 15.7 Å². The fourth-order valence-corrected chi connectivity index (χ4v) is 2.95. The molecule has 0 fully saturated rings. The molecule has 2 aromatic rings. The van der Waals surface area contributed by atoms with Crippen LogP contribution in [0.4, 0.5) is 11.4 Å². The molecule has 1 N–H and O–H groups in total. The SMILES string of the molecule is O=[N+]([O-])c1ccc(NS(=O)(=O)c2cccnc2Cl)cc1. The number of aromatic nitrogens is 1. The van der Waals surface area contributed by atoms with Crippen molar-refractivity contribution in [2.45, 2.75) is 4.90 Å². The lowest BCUT2D eigenvalue weighted by molar-refractivity contribution is -0.384. The summed E-state index contributed by atoms with van der Waals surface area (Å²) in [6, 6.07) is 7.73. The molecule has 0 aliphatic carbocycles. The van der Waals surface area contributed by atoms with Gasteiger partial charge in [0.1, 0.15) is 10.0 Å². The van der Waals surface area contributed by atoms with E-state index in [9.17, 15) is 18.5 Å². The maximum absolute atomic E-state index is 12.1. The minimum absolute atomic E-state index is 0.132. The zero-order chi connectivity index (χ0) is 14.8. The Labute approximate surface area is 119 Å². The van der Waals surface area contributed by atoms with E-state index in [1.165, 1.54) is 42.6 Å². The molecule has 1 aromatic heterocycles. The van der Waals surface area contributed by atoms with Crippen LogP contribution < -0.4 is 4.72 Å². The van der Waals surface area contributed by atoms with Gasteiger partial charge in [-0.3, -0.25) is 14.8 Å². The second-order valence-electron chi connectivity index (χ2n) is 3.70. The monoisotopic (exact) mass is 313 g/mol. The van der Waals surface area contributed by atoms with Crippen molar-refractivity contribution in [1.29, 1.82) is 0 Å². The van der Waals surface area contributed by atoms with Crippen LogP contribution in [0.1, 0.15) is 0 Å². The largest absolute Gasteiger partial charge is 0.280 e. The minimum Gasteiger partial charge on any atom is -0.280 e. The molecule has 0 atom stereocenters. The van der Waals surface area contributed by atoms with E-state index in [0.29, 0.717) is 0 Å². The molecular formula is C11H8ClN3O4S. The molecule has 1 heterocycles. The predicted octanol–water partition coefficient (Wildman–Crippen LogP) is 2.44. The predicted molar refractivity (Wildman–Crippen MR) is 73.2 cm³/mol. The Morgan fingerprint density at radius 1 is 1.20 bits per heavy atom. The molecule has 0 spiro atoms. The number of sulfonamides is 1. The second-order valence-corrected chi connectivity index (χ2v) is 5.71. The molecular weight excluding hydrogens is 306 g/mol. The number of pyridine rings is 1. The number of benzene rings is 1. The zero-order valence-corrected chi connectivity index (χ0v) is 11.4. The van der Waals surface area contributed by atoms with E-state index in [1.54, 1.807) is 0 Å². The highest BCUT2D eigenvalue weighted by Crippen LogP contribution is 2.22. The van der Waals surface area contributed by atoms with Crippen LogP contribution in [-0.2, 0) is 10.0 Å². The average molecular weight is 314 g/mol. The third-order valence-corrected chi connectivity index (χ3v) is 4.17. The van der Waals surface area contributed by atoms with Crippen molar-refractivity contribution in [3.05, 3.63) is 57.9 Å². The van der Waals surface area contributed by atoms with Crippen LogP contribution in [0.3, 0.4) is 0 Å². The Kier molecular flexibility index (Phi) is 3.86. The van der Waals surface area contributed by atoms with Gasteiger partial charge in [-0.25, -0.2) is 13.4 Å². The van der Waals surface area contributed by atoms with Gasteiger partial charge in [0, 0.05) is 24.0 Å². The maximum Gasteiger partial charge on any atom is 0.269 e. The van der Waals surface area contributed by atoms with Gasteiger partial charge < -0.3 is 0 Å². The molecule has 0 unspecified atom stereocenters. The number of nitro groups is 1. The summed E-state index contributed by atoms with van der Waals surface area (Å²) in [5, 5.41) is 10.4. The van der Waals surface area contributed by atoms with E-state index in [4.69, 9.17) is 11.6 Å². The van der Waals surface area contributed by atoms with Crippen molar-refractivity contribution in [1.82, 2.24) is 4.98 Å². The Morgan fingerprint density at radius 3 is 2.40 bits per heavy atom. The zero-order valence-electron chi connectivity index (χ0n) is 9.86. The lowest BCUT2D eigenvalue weighted by Crippen LogP contribution is -2.13. The Hall–Kier alpha value is -2.19. The van der Waals surface area contributed by atoms with E-state index in [2.05, 4.69) is 9.71 Å². The molecule has 1 aromatic carbocycles. The summed E-state index contributed by atoms with van der Waals surface area (Å²) in [5.74, 6) is 0. The first-order chi connectivity index (χ1) is 9.40. The summed E-state index contributed by atoms with van der Waals surface area (Å²) >= 11 is 5.72. The van der Waals surface area contributed by atoms with Crippen molar-refractivity contribution in [2.24, 2.45) is 0 Å². The first-order valence-corrected chi connectivity index (χ1v) is 7.14. The minimum atomic E-state index is -3.89. The summed E-state index contributed by atoms with van der Waals surface area (Å²) in [4.78, 5) is 13.4. The van der Waals surface area contributed by atoms with Crippen LogP contribution in [0.25, 0.3) is 0 Å². The molecule has 0 radical (unpaired) electrons. The van der Waals surface area contributed by atoms with Gasteiger partial charge in [0.2, 0.25) is 0 Å². The number of nitrogens with zero attached hydrogens (tertiary/aromatic N) is 2. The van der Waals surface area contributed by atoms with Crippen molar-refractivity contribution < 1.29 is 13.3 Å². The summed E-state index contributed by atoms with van der Waals surface area (Å²) < 4.78 is 26.4. The maximum atomic E-state index is 12.1. The molecule has 20 heavy (non-hydrogen) atoms. The second kappa shape index (κ2) is 5.43. The van der Waals surface area contributed by atoms with Crippen LogP contribution in [0, 0.1) is 10.1 Å². The number of non-ortho nitro benzene ring substituents is 1. The van der Waals surface area contributed by atoms with Gasteiger partial charge in [-0.2, -0.15) is 0 Å². The summed E-state index contributed by atoms with van der Waals surface area (Å²) in [5.41, 5.74) is 0.0582. The molecule has 9 heteroatoms. The Balaban J connectivity index is 2.29. The lowest BCUT2D eigenvalue weighted by atomic mass is 10.3. The number of hydrogen-bond acceptors (Lipinski definition) is 5. The van der Waals surface area contributed by atoms with Gasteiger partial charge in [-0.05, 0) is 24.3 Å². The number of anilines is 1. The van der Waals surface area contributed by atoms with Gasteiger partial charge in [-0.1, -0.05) is 11.6 Å². The van der Waals surface area contributed by atoms with Crippen LogP contribution in [0.2, 0.25) is 5.15 Å². The van der Waals surface area contributed by atoms with Gasteiger partial charge in [0.15, 0.2) is 0 Å². The fourth-order valence-electron chi connectivity index (χ4n) is 1.43. The lowest BCUT2D eigenvalue weighted by Gasteiger charge is -2.08. The summed E-state index contributed by atoms with van der Waals surface area (Å²) in [6.45, 7) is 0. The Bertz CT molecular complexity index is 747. The molecule has 2 rings (SSSR count). The van der Waals surface area contributed by atoms with E-state index >= 15 is 0 Å². The van der Waals surface area contributed by atoms with Gasteiger partial charge >= 0.3 is 0 Å². The molecule has 0 bridgehead atoms. The molecule has 0 aliphatic heterocycles. The van der Waals surface area contributed by atoms with Crippen LogP contribution in [0.5, 0.6) is 0 Å². The number of rotatable bonds is 4. The third-order valence-electron chi connectivity index (χ3n) is 2.34. The molecule has 0 aliphatic rings. The summed E-state index contributed by atoms with van der Waals surface area (Å²) in [6.07, 6.45) is 1.37. The highest BCUT2D eigenvalue weighted by Gasteiger charge is 2.18. The van der Waals surface area contributed by atoms with E-state index < -0.39 is 14.9 Å². The van der Waals surface area contributed by atoms with Crippen molar-refractivity contribution in [3.63, 3.8) is 0 Å². The fraction of sp³-hybridized carbons (Fsp3) is 0. The number of nitro benzene ring substituents is 1. The number of hydrogen-bond donors (Lipinski definition) is 1. The number of halogens is 1. The molecule has 7 nitrogen and oxygen atoms in total. The molecule has 0 amide bonds.